The molecular weight excluding hydrogens is 515 g/mol. The van der Waals surface area contributed by atoms with Gasteiger partial charge >= 0.3 is 5.97 Å². The Morgan fingerprint density at radius 2 is 1.82 bits per heavy atom. The number of benzene rings is 2. The number of halogens is 1. The van der Waals surface area contributed by atoms with E-state index in [0.29, 0.717) is 41.6 Å². The maximum Gasteiger partial charge on any atom is 0.311 e. The fourth-order valence-corrected chi connectivity index (χ4v) is 4.27. The maximum absolute atomic E-state index is 13.2. The summed E-state index contributed by atoms with van der Waals surface area (Å²) in [5.74, 6) is -0.530. The van der Waals surface area contributed by atoms with E-state index in [9.17, 15) is 18.8 Å². The Labute approximate surface area is 233 Å². The van der Waals surface area contributed by atoms with Gasteiger partial charge in [0, 0.05) is 32.0 Å². The summed E-state index contributed by atoms with van der Waals surface area (Å²) in [4.78, 5) is 37.4. The number of amides is 1. The quantitative estimate of drug-likeness (QED) is 0.121. The minimum Gasteiger partial charge on any atom is -0.463 e. The van der Waals surface area contributed by atoms with Crippen molar-refractivity contribution in [3.8, 4) is 16.9 Å². The topological polar surface area (TPSA) is 153 Å². The molecule has 0 spiro atoms. The first-order valence-electron chi connectivity index (χ1n) is 13.9. The highest BCUT2D eigenvalue weighted by atomic mass is 19.1. The second-order valence-electron chi connectivity index (χ2n) is 10.1. The van der Waals surface area contributed by atoms with Crippen molar-refractivity contribution in [3.63, 3.8) is 0 Å². The van der Waals surface area contributed by atoms with Gasteiger partial charge in [0.05, 0.1) is 29.6 Å². The predicted octanol–water partition coefficient (Wildman–Crippen LogP) is 2.18. The average molecular weight is 557 g/mol. The van der Waals surface area contributed by atoms with Gasteiger partial charge in [0.1, 0.15) is 23.4 Å². The molecule has 3 rings (SSSR count). The van der Waals surface area contributed by atoms with Gasteiger partial charge in [-0.1, -0.05) is 18.6 Å². The van der Waals surface area contributed by atoms with Crippen LogP contribution in [-0.2, 0) is 9.59 Å². The molecule has 0 unspecified atom stereocenters. The molecule has 0 saturated heterocycles. The molecule has 0 aliphatic rings. The fourth-order valence-electron chi connectivity index (χ4n) is 4.27. The number of carbonyl (C=O) groups is 2. The third-order valence-corrected chi connectivity index (χ3v) is 6.71. The van der Waals surface area contributed by atoms with Crippen molar-refractivity contribution in [1.29, 1.82) is 0 Å². The summed E-state index contributed by atoms with van der Waals surface area (Å²) in [5.41, 5.74) is 8.89. The van der Waals surface area contributed by atoms with Crippen LogP contribution in [0.2, 0.25) is 0 Å². The van der Waals surface area contributed by atoms with Gasteiger partial charge in [-0.25, -0.2) is 4.39 Å². The lowest BCUT2D eigenvalue weighted by Crippen LogP contribution is -2.65. The van der Waals surface area contributed by atoms with Gasteiger partial charge in [0.25, 0.3) is 0 Å². The Morgan fingerprint density at radius 3 is 2.58 bits per heavy atom. The number of esters is 1. The van der Waals surface area contributed by atoms with Crippen molar-refractivity contribution < 1.29 is 34.6 Å². The van der Waals surface area contributed by atoms with Crippen molar-refractivity contribution in [1.82, 2.24) is 10.6 Å². The van der Waals surface area contributed by atoms with Gasteiger partial charge in [0.2, 0.25) is 5.91 Å². The van der Waals surface area contributed by atoms with Crippen LogP contribution < -0.4 is 32.3 Å². The Morgan fingerprint density at radius 1 is 1.05 bits per heavy atom. The molecule has 0 bridgehead atoms. The molecule has 3 aromatic rings. The van der Waals surface area contributed by atoms with Gasteiger partial charge in [-0.3, -0.25) is 14.4 Å². The minimum atomic E-state index is -0.389. The first kappa shape index (κ1) is 30.9. The third kappa shape index (κ3) is 9.55. The lowest BCUT2D eigenvalue weighted by atomic mass is 10.1. The van der Waals surface area contributed by atoms with Crippen LogP contribution in [0, 0.1) is 5.82 Å². The normalized spacial score (nSPS) is 12.7. The number of nitrogens with one attached hydrogen (secondary N) is 2. The Bertz CT molecular complexity index is 1310. The van der Waals surface area contributed by atoms with E-state index in [1.54, 1.807) is 12.1 Å². The first-order chi connectivity index (χ1) is 19.3. The summed E-state index contributed by atoms with van der Waals surface area (Å²) < 4.78 is 24.2. The van der Waals surface area contributed by atoms with Crippen molar-refractivity contribution in [2.24, 2.45) is 0 Å². The summed E-state index contributed by atoms with van der Waals surface area (Å²) in [5, 5.41) is 6.50. The molecule has 0 radical (unpaired) electrons. The zero-order chi connectivity index (χ0) is 28.9. The van der Waals surface area contributed by atoms with Crippen LogP contribution in [0.5, 0.6) is 5.75 Å². The molecule has 0 fully saturated rings. The minimum absolute atomic E-state index is 0.0443. The highest BCUT2D eigenvalue weighted by molar-refractivity contribution is 5.83. The number of hydrogen-bond donors (Lipinski definition) is 4. The summed E-state index contributed by atoms with van der Waals surface area (Å²) in [7, 11) is 0. The van der Waals surface area contributed by atoms with E-state index in [2.05, 4.69) is 22.1 Å². The molecule has 0 saturated carbocycles. The van der Waals surface area contributed by atoms with E-state index >= 15 is 0 Å². The molecule has 40 heavy (non-hydrogen) atoms. The lowest BCUT2D eigenvalue weighted by molar-refractivity contribution is -0.419. The summed E-state index contributed by atoms with van der Waals surface area (Å²) in [6.07, 6.45) is 6.94. The van der Waals surface area contributed by atoms with Crippen molar-refractivity contribution in [3.05, 3.63) is 64.8 Å². The highest BCUT2D eigenvalue weighted by Gasteiger charge is 2.15. The number of quaternary nitrogens is 2. The smallest absolute Gasteiger partial charge is 0.311 e. The molecule has 1 aromatic heterocycles. The van der Waals surface area contributed by atoms with Crippen LogP contribution in [0.4, 0.5) is 4.39 Å². The molecule has 8 N–H and O–H groups in total. The van der Waals surface area contributed by atoms with Crippen LogP contribution >= 0.6 is 0 Å². The van der Waals surface area contributed by atoms with Crippen LogP contribution in [0.15, 0.2) is 57.9 Å². The predicted molar refractivity (Wildman–Crippen MR) is 151 cm³/mol. The molecule has 2 aromatic carbocycles. The number of ether oxygens (including phenoxy) is 1. The number of unbranched alkanes of at least 4 members (excludes halogenated alkanes) is 3. The van der Waals surface area contributed by atoms with E-state index in [1.807, 2.05) is 6.92 Å². The van der Waals surface area contributed by atoms with Crippen LogP contribution in [0.3, 0.4) is 0 Å². The largest absolute Gasteiger partial charge is 0.463 e. The first-order valence-corrected chi connectivity index (χ1v) is 13.9. The number of hydrogen-bond acceptors (Lipinski definition) is 6. The van der Waals surface area contributed by atoms with Crippen LogP contribution in [0.25, 0.3) is 22.1 Å². The molecule has 1 heterocycles. The zero-order valence-electron chi connectivity index (χ0n) is 23.2. The molecule has 0 aliphatic heterocycles. The molecule has 1 amide bonds. The Kier molecular flexibility index (Phi) is 12.3. The zero-order valence-corrected chi connectivity index (χ0v) is 23.2. The highest BCUT2D eigenvalue weighted by Crippen LogP contribution is 2.23. The lowest BCUT2D eigenvalue weighted by Gasteiger charge is -2.16. The van der Waals surface area contributed by atoms with Gasteiger partial charge in [-0.05, 0) is 62.4 Å². The monoisotopic (exact) mass is 556 g/mol. The van der Waals surface area contributed by atoms with Gasteiger partial charge in [0.15, 0.2) is 5.43 Å². The second kappa shape index (κ2) is 15.9. The second-order valence-corrected chi connectivity index (χ2v) is 10.1. The number of carbonyl (C=O) groups excluding carboxylic acids is 2. The molecule has 216 valence electrons. The van der Waals surface area contributed by atoms with Crippen molar-refractivity contribution in [2.45, 2.75) is 64.0 Å². The van der Waals surface area contributed by atoms with Crippen molar-refractivity contribution >= 4 is 22.8 Å². The maximum atomic E-state index is 13.2. The van der Waals surface area contributed by atoms with Crippen LogP contribution in [0.1, 0.15) is 51.9 Å². The number of fused-ring (bicyclic) bond motifs is 1. The Balaban J connectivity index is 1.35. The van der Waals surface area contributed by atoms with E-state index in [1.165, 1.54) is 36.6 Å². The van der Waals surface area contributed by atoms with Gasteiger partial charge in [-0.2, -0.15) is 0 Å². The third-order valence-electron chi connectivity index (χ3n) is 6.71. The fraction of sp³-hybridized carbons (Fsp3) is 0.433. The SMILES string of the molecule is C[C@@H](NC[C@H]([NH3+])CCCC[NH3+])C(=O)NCCCCCC(=O)Oc1ccc2c(=O)c(-c3ccc(F)cc3)coc2c1. The molecule has 9 nitrogen and oxygen atoms in total. The summed E-state index contributed by atoms with van der Waals surface area (Å²) in [6.45, 7) is 4.03. The van der Waals surface area contributed by atoms with Crippen LogP contribution in [-0.4, -0.2) is 43.6 Å². The van der Waals surface area contributed by atoms with E-state index in [0.717, 1.165) is 38.6 Å². The standard InChI is InChI=1S/C30H39FN4O5/c1-20(35-18-23(33)7-4-5-15-32)30(38)34-16-6-2-3-8-28(36)40-24-13-14-25-27(17-24)39-19-26(29(25)37)21-9-11-22(31)12-10-21/h9-14,17,19-20,23,35H,2-8,15-16,18,32-33H2,1H3,(H,34,38)/p+2/t20-,23-/m1/s1. The Hall–Kier alpha value is -3.60. The van der Waals surface area contributed by atoms with E-state index in [4.69, 9.17) is 9.15 Å². The average Bonchev–Trinajstić information content (AvgIpc) is 2.94. The van der Waals surface area contributed by atoms with E-state index in [-0.39, 0.29) is 47.4 Å². The molecule has 10 heteroatoms. The molecular formula is C30H41FN4O5+2. The van der Waals surface area contributed by atoms with E-state index < -0.39 is 0 Å². The van der Waals surface area contributed by atoms with Crippen molar-refractivity contribution in [2.75, 3.05) is 19.6 Å². The summed E-state index contributed by atoms with van der Waals surface area (Å²) >= 11 is 0. The van der Waals surface area contributed by atoms with Gasteiger partial charge < -0.3 is 31.3 Å². The molecule has 2 atom stereocenters. The molecule has 0 aliphatic carbocycles. The van der Waals surface area contributed by atoms with Gasteiger partial charge in [-0.15, -0.1) is 0 Å². The number of rotatable bonds is 16. The summed E-state index contributed by atoms with van der Waals surface area (Å²) in [6, 6.07) is 10.2.